The molecule has 0 radical (unpaired) electrons. The highest BCUT2D eigenvalue weighted by atomic mass is 32.2. The van der Waals surface area contributed by atoms with Crippen molar-refractivity contribution in [3.05, 3.63) is 47.7 Å². The first-order chi connectivity index (χ1) is 13.5. The van der Waals surface area contributed by atoms with Crippen LogP contribution >= 0.6 is 11.8 Å². The van der Waals surface area contributed by atoms with Gasteiger partial charge in [0, 0.05) is 19.2 Å². The largest absolute Gasteiger partial charge is 0.497 e. The van der Waals surface area contributed by atoms with E-state index in [1.54, 1.807) is 20.1 Å². The normalized spacial score (nSPS) is 13.8. The van der Waals surface area contributed by atoms with E-state index in [9.17, 15) is 9.59 Å². The van der Waals surface area contributed by atoms with Crippen LogP contribution in [0.25, 0.3) is 5.57 Å². The highest BCUT2D eigenvalue weighted by Crippen LogP contribution is 2.24. The Morgan fingerprint density at radius 2 is 2.07 bits per heavy atom. The van der Waals surface area contributed by atoms with E-state index in [1.165, 1.54) is 17.3 Å². The maximum atomic E-state index is 12.4. The molecule has 0 unspecified atom stereocenters. The molecule has 1 N–H and O–H groups in total. The summed E-state index contributed by atoms with van der Waals surface area (Å²) in [5, 5.41) is 6.35. The Kier molecular flexibility index (Phi) is 6.76. The summed E-state index contributed by atoms with van der Waals surface area (Å²) in [6.07, 6.45) is 2.90. The van der Waals surface area contributed by atoms with Crippen molar-refractivity contribution in [2.24, 2.45) is 0 Å². The molecule has 0 saturated heterocycles. The van der Waals surface area contributed by atoms with Gasteiger partial charge in [0.25, 0.3) is 0 Å². The second-order valence-corrected chi connectivity index (χ2v) is 7.40. The molecule has 1 aromatic carbocycles. The van der Waals surface area contributed by atoms with Crippen LogP contribution in [0.2, 0.25) is 0 Å². The van der Waals surface area contributed by atoms with E-state index < -0.39 is 0 Å². The van der Waals surface area contributed by atoms with Crippen molar-refractivity contribution < 1.29 is 18.8 Å². The molecule has 1 aliphatic rings. The fraction of sp³-hybridized carbons (Fsp3) is 0.350. The quantitative estimate of drug-likeness (QED) is 0.768. The first-order valence-electron chi connectivity index (χ1n) is 8.97. The molecule has 8 heteroatoms. The molecule has 7 nitrogen and oxygen atoms in total. The minimum Gasteiger partial charge on any atom is -0.497 e. The van der Waals surface area contributed by atoms with Crippen molar-refractivity contribution in [1.82, 2.24) is 10.1 Å². The molecule has 0 spiro atoms. The lowest BCUT2D eigenvalue weighted by molar-refractivity contribution is -0.127. The molecule has 0 atom stereocenters. The van der Waals surface area contributed by atoms with Crippen molar-refractivity contribution in [2.75, 3.05) is 37.0 Å². The van der Waals surface area contributed by atoms with Gasteiger partial charge in [-0.1, -0.05) is 23.4 Å². The van der Waals surface area contributed by atoms with Crippen molar-refractivity contribution >= 4 is 35.0 Å². The Morgan fingerprint density at radius 3 is 2.68 bits per heavy atom. The van der Waals surface area contributed by atoms with Gasteiger partial charge in [0.15, 0.2) is 5.82 Å². The van der Waals surface area contributed by atoms with Gasteiger partial charge in [-0.25, -0.2) is 0 Å². The van der Waals surface area contributed by atoms with Gasteiger partial charge in [-0.3, -0.25) is 9.59 Å². The number of benzene rings is 1. The molecular formula is C20H23N3O4S. The van der Waals surface area contributed by atoms with Crippen molar-refractivity contribution in [1.29, 1.82) is 0 Å². The molecule has 3 rings (SSSR count). The van der Waals surface area contributed by atoms with Crippen LogP contribution in [0.5, 0.6) is 5.75 Å². The molecule has 148 valence electrons. The first kappa shape index (κ1) is 20.0. The fourth-order valence-electron chi connectivity index (χ4n) is 2.89. The first-order valence-corrected chi connectivity index (χ1v) is 10.1. The number of rotatable bonds is 7. The van der Waals surface area contributed by atoms with E-state index in [4.69, 9.17) is 9.26 Å². The number of carbonyl (C=O) groups excluding carboxylic acids is 2. The third kappa shape index (κ3) is 5.39. The Hall–Kier alpha value is -2.74. The molecule has 1 aromatic heterocycles. The zero-order valence-corrected chi connectivity index (χ0v) is 16.8. The van der Waals surface area contributed by atoms with Crippen molar-refractivity contribution in [2.45, 2.75) is 13.3 Å². The van der Waals surface area contributed by atoms with Crippen molar-refractivity contribution in [3.63, 3.8) is 0 Å². The number of anilines is 1. The molecule has 0 bridgehead atoms. The van der Waals surface area contributed by atoms with Crippen LogP contribution in [0, 0.1) is 6.92 Å². The van der Waals surface area contributed by atoms with Crippen molar-refractivity contribution in [3.8, 4) is 5.75 Å². The molecule has 28 heavy (non-hydrogen) atoms. The summed E-state index contributed by atoms with van der Waals surface area (Å²) in [4.78, 5) is 26.1. The number of amides is 2. The van der Waals surface area contributed by atoms with E-state index in [1.807, 2.05) is 29.2 Å². The SMILES string of the molecule is COc1ccc(C2=CCN(C(=O)CSCC(=O)Nc3cc(C)on3)CC2)cc1. The van der Waals surface area contributed by atoms with Gasteiger partial charge in [0.1, 0.15) is 11.5 Å². The molecule has 0 fully saturated rings. The number of thioether (sulfide) groups is 1. The van der Waals surface area contributed by atoms with E-state index in [-0.39, 0.29) is 23.3 Å². The van der Waals surface area contributed by atoms with Gasteiger partial charge in [0.2, 0.25) is 11.8 Å². The van der Waals surface area contributed by atoms with Gasteiger partial charge in [-0.15, -0.1) is 11.8 Å². The van der Waals surface area contributed by atoms with Gasteiger partial charge in [0.05, 0.1) is 18.6 Å². The summed E-state index contributed by atoms with van der Waals surface area (Å²) < 4.78 is 10.1. The van der Waals surface area contributed by atoms with E-state index in [2.05, 4.69) is 16.5 Å². The minimum absolute atomic E-state index is 0.0418. The zero-order valence-electron chi connectivity index (χ0n) is 15.9. The summed E-state index contributed by atoms with van der Waals surface area (Å²) in [5.41, 5.74) is 2.39. The van der Waals surface area contributed by atoms with Gasteiger partial charge >= 0.3 is 0 Å². The van der Waals surface area contributed by atoms with Crippen LogP contribution in [-0.2, 0) is 9.59 Å². The molecule has 0 aliphatic carbocycles. The van der Waals surface area contributed by atoms with Crippen LogP contribution in [0.15, 0.2) is 40.9 Å². The smallest absolute Gasteiger partial charge is 0.235 e. The number of aromatic nitrogens is 1. The lowest BCUT2D eigenvalue weighted by Gasteiger charge is -2.26. The summed E-state index contributed by atoms with van der Waals surface area (Å²) in [7, 11) is 1.65. The second-order valence-electron chi connectivity index (χ2n) is 6.41. The predicted molar refractivity (Wildman–Crippen MR) is 109 cm³/mol. The highest BCUT2D eigenvalue weighted by molar-refractivity contribution is 8.00. The third-order valence-corrected chi connectivity index (χ3v) is 5.29. The third-order valence-electron chi connectivity index (χ3n) is 4.38. The Balaban J connectivity index is 1.41. The number of hydrogen-bond donors (Lipinski definition) is 1. The van der Waals surface area contributed by atoms with E-state index >= 15 is 0 Å². The van der Waals surface area contributed by atoms with Gasteiger partial charge in [-0.2, -0.15) is 0 Å². The molecule has 2 aromatic rings. The monoisotopic (exact) mass is 401 g/mol. The molecule has 2 amide bonds. The van der Waals surface area contributed by atoms with Crippen LogP contribution in [0.3, 0.4) is 0 Å². The lowest BCUT2D eigenvalue weighted by atomic mass is 9.99. The lowest BCUT2D eigenvalue weighted by Crippen LogP contribution is -2.36. The van der Waals surface area contributed by atoms with E-state index in [0.717, 1.165) is 17.7 Å². The molecule has 2 heterocycles. The molecule has 0 saturated carbocycles. The summed E-state index contributed by atoms with van der Waals surface area (Å²) in [5.74, 6) is 2.16. The topological polar surface area (TPSA) is 84.7 Å². The number of aryl methyl sites for hydroxylation is 1. The zero-order chi connectivity index (χ0) is 19.9. The van der Waals surface area contributed by atoms with Gasteiger partial charge < -0.3 is 19.5 Å². The number of methoxy groups -OCH3 is 1. The minimum atomic E-state index is -0.202. The van der Waals surface area contributed by atoms with E-state index in [0.29, 0.717) is 24.7 Å². The summed E-state index contributed by atoms with van der Waals surface area (Å²) >= 11 is 1.29. The predicted octanol–water partition coefficient (Wildman–Crippen LogP) is 2.98. The van der Waals surface area contributed by atoms with Crippen LogP contribution < -0.4 is 10.1 Å². The average Bonchev–Trinajstić information content (AvgIpc) is 3.12. The summed E-state index contributed by atoms with van der Waals surface area (Å²) in [6, 6.07) is 9.60. The maximum Gasteiger partial charge on any atom is 0.235 e. The Morgan fingerprint density at radius 1 is 1.29 bits per heavy atom. The molecule has 1 aliphatic heterocycles. The Labute approximate surface area is 168 Å². The maximum absolute atomic E-state index is 12.4. The number of hydrogen-bond acceptors (Lipinski definition) is 6. The van der Waals surface area contributed by atoms with Crippen LogP contribution in [0.4, 0.5) is 5.82 Å². The number of nitrogens with zero attached hydrogens (tertiary/aromatic N) is 2. The van der Waals surface area contributed by atoms with Crippen LogP contribution in [-0.4, -0.2) is 53.6 Å². The second kappa shape index (κ2) is 9.45. The summed E-state index contributed by atoms with van der Waals surface area (Å²) in [6.45, 7) is 3.02. The molecular weight excluding hydrogens is 378 g/mol. The Bertz CT molecular complexity index is 861. The van der Waals surface area contributed by atoms with Gasteiger partial charge in [-0.05, 0) is 36.6 Å². The average molecular weight is 401 g/mol. The fourth-order valence-corrected chi connectivity index (χ4v) is 3.61. The number of nitrogens with one attached hydrogen (secondary N) is 1. The highest BCUT2D eigenvalue weighted by Gasteiger charge is 2.18. The number of ether oxygens (including phenoxy) is 1. The standard InChI is InChI=1S/C20H23N3O4S/c1-14-11-18(22-27-14)21-19(24)12-28-13-20(25)23-9-7-16(8-10-23)15-3-5-17(26-2)6-4-15/h3-7,11H,8-10,12-13H2,1-2H3,(H,21,22,24). The number of carbonyl (C=O) groups is 2. The van der Waals surface area contributed by atoms with Crippen LogP contribution in [0.1, 0.15) is 17.7 Å².